The number of halogens is 1. The zero-order chi connectivity index (χ0) is 18.4. The summed E-state index contributed by atoms with van der Waals surface area (Å²) in [6.07, 6.45) is 0. The summed E-state index contributed by atoms with van der Waals surface area (Å²) in [5.41, 5.74) is 6.71. The van der Waals surface area contributed by atoms with Crippen LogP contribution in [0, 0.1) is 6.92 Å². The lowest BCUT2D eigenvalue weighted by molar-refractivity contribution is 0.0932. The van der Waals surface area contributed by atoms with Crippen LogP contribution < -0.4 is 20.9 Å². The van der Waals surface area contributed by atoms with Crippen molar-refractivity contribution in [2.75, 3.05) is 7.11 Å². The van der Waals surface area contributed by atoms with Gasteiger partial charge in [0.2, 0.25) is 0 Å². The summed E-state index contributed by atoms with van der Waals surface area (Å²) in [6.45, 7) is 1.92. The van der Waals surface area contributed by atoms with Gasteiger partial charge in [0.25, 0.3) is 11.8 Å². The van der Waals surface area contributed by atoms with E-state index in [2.05, 4.69) is 32.1 Å². The van der Waals surface area contributed by atoms with Crippen molar-refractivity contribution in [1.29, 1.82) is 0 Å². The first kappa shape index (κ1) is 18.9. The predicted molar refractivity (Wildman–Crippen MR) is 103 cm³/mol. The molecule has 0 unspecified atom stereocenters. The van der Waals surface area contributed by atoms with Crippen molar-refractivity contribution >= 4 is 45.1 Å². The molecule has 0 saturated heterocycles. The van der Waals surface area contributed by atoms with Crippen molar-refractivity contribution in [2.24, 2.45) is 0 Å². The van der Waals surface area contributed by atoms with E-state index in [1.54, 1.807) is 36.4 Å². The number of hydrogen-bond acceptors (Lipinski definition) is 4. The van der Waals surface area contributed by atoms with Crippen molar-refractivity contribution in [2.45, 2.75) is 6.92 Å². The van der Waals surface area contributed by atoms with Gasteiger partial charge in [0, 0.05) is 10.0 Å². The largest absolute Gasteiger partial charge is 0.496 e. The lowest BCUT2D eigenvalue weighted by Crippen LogP contribution is -2.48. The highest BCUT2D eigenvalue weighted by molar-refractivity contribution is 9.10. The fraction of sp³-hybridized carbons (Fsp3) is 0.118. The lowest BCUT2D eigenvalue weighted by Gasteiger charge is -2.12. The summed E-state index contributed by atoms with van der Waals surface area (Å²) in [6, 6.07) is 12.0. The molecule has 0 saturated carbocycles. The molecule has 2 aromatic rings. The zero-order valence-electron chi connectivity index (χ0n) is 13.6. The monoisotopic (exact) mass is 421 g/mol. The zero-order valence-corrected chi connectivity index (χ0v) is 16.0. The minimum Gasteiger partial charge on any atom is -0.496 e. The molecule has 6 nitrogen and oxygen atoms in total. The summed E-state index contributed by atoms with van der Waals surface area (Å²) < 4.78 is 5.94. The van der Waals surface area contributed by atoms with Crippen LogP contribution in [-0.4, -0.2) is 24.0 Å². The highest BCUT2D eigenvalue weighted by atomic mass is 79.9. The predicted octanol–water partition coefficient (Wildman–Crippen LogP) is 2.72. The molecule has 0 spiro atoms. The Morgan fingerprint density at radius 3 is 2.48 bits per heavy atom. The fourth-order valence-electron chi connectivity index (χ4n) is 1.95. The van der Waals surface area contributed by atoms with Gasteiger partial charge < -0.3 is 4.74 Å². The molecule has 0 atom stereocenters. The second-order valence-electron chi connectivity index (χ2n) is 5.03. The molecule has 2 amide bonds. The van der Waals surface area contributed by atoms with Gasteiger partial charge in [-0.05, 0) is 49.0 Å². The van der Waals surface area contributed by atoms with Crippen LogP contribution in [0.3, 0.4) is 0 Å². The van der Waals surface area contributed by atoms with Gasteiger partial charge in [-0.3, -0.25) is 25.8 Å². The van der Waals surface area contributed by atoms with Gasteiger partial charge in [-0.25, -0.2) is 0 Å². The first-order chi connectivity index (χ1) is 11.9. The van der Waals surface area contributed by atoms with Crippen LogP contribution in [0.4, 0.5) is 0 Å². The molecule has 25 heavy (non-hydrogen) atoms. The van der Waals surface area contributed by atoms with Gasteiger partial charge in [0.1, 0.15) is 5.75 Å². The number of amides is 2. The van der Waals surface area contributed by atoms with Gasteiger partial charge in [0.05, 0.1) is 12.7 Å². The lowest BCUT2D eigenvalue weighted by atomic mass is 10.1. The Labute approximate surface area is 159 Å². The van der Waals surface area contributed by atoms with Gasteiger partial charge in [0.15, 0.2) is 5.11 Å². The van der Waals surface area contributed by atoms with Crippen LogP contribution in [0.2, 0.25) is 0 Å². The summed E-state index contributed by atoms with van der Waals surface area (Å²) in [5.74, 6) is -0.391. The Hall–Kier alpha value is -2.45. The smallest absolute Gasteiger partial charge is 0.273 e. The van der Waals surface area contributed by atoms with E-state index in [1.807, 2.05) is 13.0 Å². The molecule has 2 rings (SSSR count). The second-order valence-corrected chi connectivity index (χ2v) is 6.29. The second kappa shape index (κ2) is 8.59. The van der Waals surface area contributed by atoms with E-state index in [-0.39, 0.29) is 11.0 Å². The number of aryl methyl sites for hydroxylation is 1. The molecule has 3 N–H and O–H groups in total. The third-order valence-corrected chi connectivity index (χ3v) is 4.36. The van der Waals surface area contributed by atoms with Crippen LogP contribution in [-0.2, 0) is 0 Å². The maximum Gasteiger partial charge on any atom is 0.273 e. The number of rotatable bonds is 3. The van der Waals surface area contributed by atoms with Gasteiger partial charge >= 0.3 is 0 Å². The van der Waals surface area contributed by atoms with E-state index in [9.17, 15) is 9.59 Å². The molecule has 0 radical (unpaired) electrons. The van der Waals surface area contributed by atoms with Crippen molar-refractivity contribution < 1.29 is 14.3 Å². The highest BCUT2D eigenvalue weighted by Gasteiger charge is 2.13. The normalized spacial score (nSPS) is 9.88. The molecule has 0 aliphatic heterocycles. The SMILES string of the molecule is COc1ccccc1C(=O)NNC(=S)NC(=O)c1ccc(C)c(Br)c1. The van der Waals surface area contributed by atoms with Gasteiger partial charge in [-0.2, -0.15) is 0 Å². The van der Waals surface area contributed by atoms with E-state index >= 15 is 0 Å². The van der Waals surface area contributed by atoms with Crippen LogP contribution >= 0.6 is 28.1 Å². The number of carbonyl (C=O) groups is 2. The topological polar surface area (TPSA) is 79.5 Å². The molecule has 2 aromatic carbocycles. The minimum atomic E-state index is -0.438. The standard InChI is InChI=1S/C17H16BrN3O3S/c1-10-7-8-11(9-13(10)18)15(22)19-17(25)21-20-16(23)12-5-3-4-6-14(12)24-2/h3-9H,1-2H3,(H,20,23)(H2,19,21,22,25). The third-order valence-electron chi connectivity index (χ3n) is 3.30. The number of nitrogens with one attached hydrogen (secondary N) is 3. The number of methoxy groups -OCH3 is 1. The average molecular weight is 422 g/mol. The maximum atomic E-state index is 12.1. The molecular weight excluding hydrogens is 406 g/mol. The average Bonchev–Trinajstić information content (AvgIpc) is 2.61. The quantitative estimate of drug-likeness (QED) is 0.524. The van der Waals surface area contributed by atoms with Gasteiger partial charge in [-0.15, -0.1) is 0 Å². The molecule has 0 fully saturated rings. The molecule has 0 aromatic heterocycles. The number of carbonyl (C=O) groups excluding carboxylic acids is 2. The minimum absolute atomic E-state index is 0.0232. The Morgan fingerprint density at radius 2 is 1.80 bits per heavy atom. The highest BCUT2D eigenvalue weighted by Crippen LogP contribution is 2.17. The third kappa shape index (κ3) is 5.01. The van der Waals surface area contributed by atoms with Crippen LogP contribution in [0.5, 0.6) is 5.75 Å². The van der Waals surface area contributed by atoms with Crippen molar-refractivity contribution in [3.05, 3.63) is 63.6 Å². The summed E-state index contributed by atoms with van der Waals surface area (Å²) in [7, 11) is 1.48. The van der Waals surface area contributed by atoms with E-state index in [0.717, 1.165) is 10.0 Å². The van der Waals surface area contributed by atoms with E-state index in [1.165, 1.54) is 7.11 Å². The van der Waals surface area contributed by atoms with Gasteiger partial charge in [-0.1, -0.05) is 34.1 Å². The summed E-state index contributed by atoms with van der Waals surface area (Å²) in [4.78, 5) is 24.3. The van der Waals surface area contributed by atoms with E-state index < -0.39 is 5.91 Å². The van der Waals surface area contributed by atoms with Crippen LogP contribution in [0.1, 0.15) is 26.3 Å². The van der Waals surface area contributed by atoms with Crippen molar-refractivity contribution in [3.8, 4) is 5.75 Å². The Morgan fingerprint density at radius 1 is 1.08 bits per heavy atom. The maximum absolute atomic E-state index is 12.1. The van der Waals surface area contributed by atoms with E-state index in [4.69, 9.17) is 17.0 Å². The van der Waals surface area contributed by atoms with Crippen molar-refractivity contribution in [1.82, 2.24) is 16.2 Å². The van der Waals surface area contributed by atoms with E-state index in [0.29, 0.717) is 16.9 Å². The number of para-hydroxylation sites is 1. The number of thiocarbonyl (C=S) groups is 1. The fourth-order valence-corrected chi connectivity index (χ4v) is 2.48. The number of benzene rings is 2. The first-order valence-electron chi connectivity index (χ1n) is 7.23. The summed E-state index contributed by atoms with van der Waals surface area (Å²) in [5, 5.41) is 2.47. The molecular formula is C17H16BrN3O3S. The summed E-state index contributed by atoms with van der Waals surface area (Å²) >= 11 is 8.39. The molecule has 130 valence electrons. The van der Waals surface area contributed by atoms with Crippen molar-refractivity contribution in [3.63, 3.8) is 0 Å². The first-order valence-corrected chi connectivity index (χ1v) is 8.43. The Bertz CT molecular complexity index is 827. The molecule has 0 bridgehead atoms. The van der Waals surface area contributed by atoms with Crippen LogP contribution in [0.15, 0.2) is 46.9 Å². The molecule has 8 heteroatoms. The molecule has 0 aliphatic rings. The Kier molecular flexibility index (Phi) is 6.49. The van der Waals surface area contributed by atoms with Crippen LogP contribution in [0.25, 0.3) is 0 Å². The molecule has 0 aliphatic carbocycles. The number of ether oxygens (including phenoxy) is 1. The molecule has 0 heterocycles. The number of hydrazine groups is 1. The Balaban J connectivity index is 1.93. The number of hydrogen-bond donors (Lipinski definition) is 3.